The van der Waals surface area contributed by atoms with Gasteiger partial charge in [-0.05, 0) is 38.8 Å². The van der Waals surface area contributed by atoms with Crippen LogP contribution in [0.2, 0.25) is 0 Å². The highest BCUT2D eigenvalue weighted by molar-refractivity contribution is 5.85. The van der Waals surface area contributed by atoms with E-state index in [9.17, 15) is 9.59 Å². The Morgan fingerprint density at radius 2 is 2.14 bits per heavy atom. The lowest BCUT2D eigenvalue weighted by Crippen LogP contribution is -2.49. The molecule has 0 aromatic heterocycles. The van der Waals surface area contributed by atoms with Crippen LogP contribution in [0.15, 0.2) is 0 Å². The van der Waals surface area contributed by atoms with Gasteiger partial charge in [0, 0.05) is 25.7 Å². The van der Waals surface area contributed by atoms with Crippen LogP contribution < -0.4 is 11.1 Å². The predicted octanol–water partition coefficient (Wildman–Crippen LogP) is 0.206. The maximum absolute atomic E-state index is 12.5. The molecule has 0 aliphatic carbocycles. The van der Waals surface area contributed by atoms with Crippen molar-refractivity contribution in [2.24, 2.45) is 11.7 Å². The lowest BCUT2D eigenvalue weighted by Gasteiger charge is -2.34. The molecular weight excluding hydrogens is 304 g/mol. The summed E-state index contributed by atoms with van der Waals surface area (Å²) in [5.41, 5.74) is 5.38. The van der Waals surface area contributed by atoms with Gasteiger partial charge in [-0.1, -0.05) is 6.92 Å². The summed E-state index contributed by atoms with van der Waals surface area (Å²) in [5.74, 6) is -0.310. The van der Waals surface area contributed by atoms with Crippen molar-refractivity contribution in [1.29, 1.82) is 0 Å². The minimum absolute atomic E-state index is 0. The maximum Gasteiger partial charge on any atom is 0.236 e. The second kappa shape index (κ2) is 9.33. The topological polar surface area (TPSA) is 78.7 Å². The average molecular weight is 333 g/mol. The van der Waals surface area contributed by atoms with Gasteiger partial charge in [0.25, 0.3) is 0 Å². The van der Waals surface area contributed by atoms with Crippen molar-refractivity contribution in [2.75, 3.05) is 39.3 Å². The Morgan fingerprint density at radius 3 is 2.73 bits per heavy atom. The number of likely N-dealkylation sites (tertiary alicyclic amines) is 1. The molecule has 2 amide bonds. The number of halogens is 1. The van der Waals surface area contributed by atoms with Crippen molar-refractivity contribution in [1.82, 2.24) is 15.1 Å². The molecular formula is C15H29ClN4O2. The first kappa shape index (κ1) is 19.2. The van der Waals surface area contributed by atoms with Gasteiger partial charge in [-0.2, -0.15) is 0 Å². The standard InChI is InChI=1S/C15H28N4O2.ClH/c1-2-7-18(13-5-6-17-9-13)11-14(20)19-8-3-4-12(10-19)15(16)21;/h12-13,17H,2-11H2,1H3,(H2,16,21);1H. The van der Waals surface area contributed by atoms with E-state index in [1.54, 1.807) is 0 Å². The summed E-state index contributed by atoms with van der Waals surface area (Å²) < 4.78 is 0. The smallest absolute Gasteiger partial charge is 0.236 e. The maximum atomic E-state index is 12.5. The number of carbonyl (C=O) groups is 2. The molecule has 2 fully saturated rings. The molecule has 128 valence electrons. The van der Waals surface area contributed by atoms with Crippen LogP contribution in [-0.4, -0.2) is 66.9 Å². The van der Waals surface area contributed by atoms with Crippen LogP contribution in [0.25, 0.3) is 0 Å². The first-order valence-electron chi connectivity index (χ1n) is 8.13. The molecule has 0 aromatic carbocycles. The lowest BCUT2D eigenvalue weighted by molar-refractivity contribution is -0.136. The number of nitrogens with one attached hydrogen (secondary N) is 1. The zero-order valence-corrected chi connectivity index (χ0v) is 14.2. The van der Waals surface area contributed by atoms with E-state index in [-0.39, 0.29) is 30.1 Å². The quantitative estimate of drug-likeness (QED) is 0.728. The first-order valence-corrected chi connectivity index (χ1v) is 8.13. The molecule has 22 heavy (non-hydrogen) atoms. The summed E-state index contributed by atoms with van der Waals surface area (Å²) in [6.45, 7) is 6.81. The van der Waals surface area contributed by atoms with Gasteiger partial charge in [-0.25, -0.2) is 0 Å². The Hall–Kier alpha value is -0.850. The second-order valence-corrected chi connectivity index (χ2v) is 6.20. The Kier molecular flexibility index (Phi) is 8.14. The zero-order chi connectivity index (χ0) is 15.2. The molecule has 2 saturated heterocycles. The summed E-state index contributed by atoms with van der Waals surface area (Å²) in [6.07, 6.45) is 3.84. The van der Waals surface area contributed by atoms with Crippen molar-refractivity contribution in [2.45, 2.75) is 38.6 Å². The second-order valence-electron chi connectivity index (χ2n) is 6.20. The molecule has 2 rings (SSSR count). The number of hydrogen-bond acceptors (Lipinski definition) is 4. The summed E-state index contributed by atoms with van der Waals surface area (Å²) in [4.78, 5) is 28.0. The van der Waals surface area contributed by atoms with E-state index in [0.29, 0.717) is 19.1 Å². The minimum Gasteiger partial charge on any atom is -0.369 e. The van der Waals surface area contributed by atoms with E-state index in [0.717, 1.165) is 51.9 Å². The van der Waals surface area contributed by atoms with E-state index < -0.39 is 0 Å². The molecule has 0 radical (unpaired) electrons. The van der Waals surface area contributed by atoms with Crippen LogP contribution in [0.3, 0.4) is 0 Å². The third kappa shape index (κ3) is 5.11. The number of carbonyl (C=O) groups excluding carboxylic acids is 2. The highest BCUT2D eigenvalue weighted by Crippen LogP contribution is 2.17. The lowest BCUT2D eigenvalue weighted by atomic mass is 9.97. The van der Waals surface area contributed by atoms with Gasteiger partial charge in [0.1, 0.15) is 0 Å². The van der Waals surface area contributed by atoms with Crippen LogP contribution in [0.5, 0.6) is 0 Å². The molecule has 6 nitrogen and oxygen atoms in total. The Bertz CT molecular complexity index is 375. The number of primary amides is 1. The summed E-state index contributed by atoms with van der Waals surface area (Å²) >= 11 is 0. The van der Waals surface area contributed by atoms with E-state index in [2.05, 4.69) is 17.1 Å². The van der Waals surface area contributed by atoms with Crippen molar-refractivity contribution in [3.05, 3.63) is 0 Å². The highest BCUT2D eigenvalue weighted by atomic mass is 35.5. The number of rotatable bonds is 6. The molecule has 3 N–H and O–H groups in total. The first-order chi connectivity index (χ1) is 10.1. The summed E-state index contributed by atoms with van der Waals surface area (Å²) in [5, 5.41) is 3.36. The average Bonchev–Trinajstić information content (AvgIpc) is 3.01. The van der Waals surface area contributed by atoms with E-state index in [4.69, 9.17) is 5.73 Å². The predicted molar refractivity (Wildman–Crippen MR) is 88.9 cm³/mol. The zero-order valence-electron chi connectivity index (χ0n) is 13.4. The number of amides is 2. The van der Waals surface area contributed by atoms with Crippen molar-refractivity contribution in [3.8, 4) is 0 Å². The fraction of sp³-hybridized carbons (Fsp3) is 0.867. The number of nitrogens with zero attached hydrogens (tertiary/aromatic N) is 2. The Morgan fingerprint density at radius 1 is 1.36 bits per heavy atom. The van der Waals surface area contributed by atoms with Crippen LogP contribution >= 0.6 is 12.4 Å². The molecule has 0 saturated carbocycles. The van der Waals surface area contributed by atoms with Crippen molar-refractivity contribution >= 4 is 24.2 Å². The van der Waals surface area contributed by atoms with Crippen LogP contribution in [0.1, 0.15) is 32.6 Å². The Balaban J connectivity index is 0.00000242. The van der Waals surface area contributed by atoms with Gasteiger partial charge in [-0.15, -0.1) is 12.4 Å². The van der Waals surface area contributed by atoms with Crippen molar-refractivity contribution in [3.63, 3.8) is 0 Å². The number of hydrogen-bond donors (Lipinski definition) is 2. The number of nitrogens with two attached hydrogens (primary N) is 1. The monoisotopic (exact) mass is 332 g/mol. The molecule has 2 aliphatic heterocycles. The SMILES string of the molecule is CCCN(CC(=O)N1CCCC(C(N)=O)C1)C1CCNC1.Cl. The van der Waals surface area contributed by atoms with Gasteiger partial charge >= 0.3 is 0 Å². The highest BCUT2D eigenvalue weighted by Gasteiger charge is 2.29. The molecule has 2 aliphatic rings. The van der Waals surface area contributed by atoms with Gasteiger partial charge in [0.15, 0.2) is 0 Å². The third-order valence-electron chi connectivity index (χ3n) is 4.58. The van der Waals surface area contributed by atoms with Crippen LogP contribution in [-0.2, 0) is 9.59 Å². The summed E-state index contributed by atoms with van der Waals surface area (Å²) in [7, 11) is 0. The molecule has 2 atom stereocenters. The molecule has 7 heteroatoms. The van der Waals surface area contributed by atoms with E-state index in [1.807, 2.05) is 4.90 Å². The number of piperidine rings is 1. The Labute approximate surface area is 139 Å². The van der Waals surface area contributed by atoms with Gasteiger partial charge in [-0.3, -0.25) is 14.5 Å². The summed E-state index contributed by atoms with van der Waals surface area (Å²) in [6, 6.07) is 0.464. The van der Waals surface area contributed by atoms with Gasteiger partial charge in [0.05, 0.1) is 12.5 Å². The van der Waals surface area contributed by atoms with Crippen LogP contribution in [0.4, 0.5) is 0 Å². The molecule has 0 spiro atoms. The largest absolute Gasteiger partial charge is 0.369 e. The third-order valence-corrected chi connectivity index (χ3v) is 4.58. The van der Waals surface area contributed by atoms with E-state index in [1.165, 1.54) is 0 Å². The van der Waals surface area contributed by atoms with Gasteiger partial charge in [0.2, 0.25) is 11.8 Å². The van der Waals surface area contributed by atoms with E-state index >= 15 is 0 Å². The molecule has 0 bridgehead atoms. The van der Waals surface area contributed by atoms with Crippen molar-refractivity contribution < 1.29 is 9.59 Å². The molecule has 2 heterocycles. The normalized spacial score (nSPS) is 25.1. The fourth-order valence-corrected chi connectivity index (χ4v) is 3.34. The van der Waals surface area contributed by atoms with Crippen LogP contribution in [0, 0.1) is 5.92 Å². The molecule has 0 aromatic rings. The fourth-order valence-electron chi connectivity index (χ4n) is 3.34. The minimum atomic E-state index is -0.280. The van der Waals surface area contributed by atoms with Gasteiger partial charge < -0.3 is 16.0 Å². The molecule has 2 unspecified atom stereocenters.